The molecule has 5 heterocycles. The van der Waals surface area contributed by atoms with Crippen LogP contribution in [-0.4, -0.2) is 92.6 Å². The van der Waals surface area contributed by atoms with Crippen molar-refractivity contribution in [2.45, 2.75) is 19.1 Å². The van der Waals surface area contributed by atoms with Crippen molar-refractivity contribution in [3.63, 3.8) is 0 Å². The third-order valence-corrected chi connectivity index (χ3v) is 7.59. The predicted octanol–water partition coefficient (Wildman–Crippen LogP) is 2.28. The fourth-order valence-electron chi connectivity index (χ4n) is 5.84. The Bertz CT molecular complexity index is 1290. The number of nitriles is 1. The number of pyridine rings is 2. The number of nitrogens with zero attached hydrogens (tertiary/aromatic N) is 7. The SMILES string of the molecule is CC1CN(c2ccc(C#N)c3ncccc23)CC(CN2CCN(c3cc(N4CCNCC4)ccn3)C2)O1. The minimum atomic E-state index is 0.103. The van der Waals surface area contributed by atoms with Crippen molar-refractivity contribution in [1.29, 1.82) is 5.26 Å². The number of hydrogen-bond acceptors (Lipinski definition) is 9. The molecular weight excluding hydrogens is 464 g/mol. The fraction of sp³-hybridized carbons (Fsp3) is 0.464. The van der Waals surface area contributed by atoms with Gasteiger partial charge in [0.15, 0.2) is 0 Å². The molecule has 1 N–H and O–H groups in total. The first kappa shape index (κ1) is 23.9. The standard InChI is InChI=1S/C28H34N8O/c1-21-17-36(26-5-4-22(16-29)28-25(26)3-2-7-32-28)19-24(37-21)18-33-13-14-35(20-33)27-15-23(6-8-31-27)34-11-9-30-10-12-34/h2-8,15,21,24,30H,9-14,17-20H2,1H3. The monoisotopic (exact) mass is 498 g/mol. The Morgan fingerprint density at radius 1 is 1.00 bits per heavy atom. The van der Waals surface area contributed by atoms with E-state index in [2.05, 4.69) is 67.2 Å². The van der Waals surface area contributed by atoms with E-state index < -0.39 is 0 Å². The molecule has 3 saturated heterocycles. The second-order valence-electron chi connectivity index (χ2n) is 10.2. The van der Waals surface area contributed by atoms with Crippen molar-refractivity contribution < 1.29 is 4.74 Å². The van der Waals surface area contributed by atoms with Crippen molar-refractivity contribution in [3.8, 4) is 6.07 Å². The van der Waals surface area contributed by atoms with Crippen LogP contribution >= 0.6 is 0 Å². The number of fused-ring (bicyclic) bond motifs is 1. The van der Waals surface area contributed by atoms with Gasteiger partial charge in [0, 0.05) is 94.1 Å². The highest BCUT2D eigenvalue weighted by Gasteiger charge is 2.31. The summed E-state index contributed by atoms with van der Waals surface area (Å²) < 4.78 is 6.40. The lowest BCUT2D eigenvalue weighted by Gasteiger charge is -2.40. The Morgan fingerprint density at radius 2 is 1.89 bits per heavy atom. The van der Waals surface area contributed by atoms with Gasteiger partial charge in [-0.15, -0.1) is 0 Å². The smallest absolute Gasteiger partial charge is 0.131 e. The lowest BCUT2D eigenvalue weighted by molar-refractivity contribution is -0.0292. The van der Waals surface area contributed by atoms with Crippen LogP contribution in [0.4, 0.5) is 17.2 Å². The van der Waals surface area contributed by atoms with Crippen molar-refractivity contribution in [3.05, 3.63) is 54.4 Å². The van der Waals surface area contributed by atoms with Gasteiger partial charge in [-0.25, -0.2) is 4.98 Å². The molecule has 3 aliphatic heterocycles. The van der Waals surface area contributed by atoms with Crippen molar-refractivity contribution in [2.24, 2.45) is 0 Å². The van der Waals surface area contributed by atoms with Crippen LogP contribution < -0.4 is 20.0 Å². The van der Waals surface area contributed by atoms with Crippen LogP contribution in [0.25, 0.3) is 10.9 Å². The Labute approximate surface area is 218 Å². The second kappa shape index (κ2) is 10.5. The summed E-state index contributed by atoms with van der Waals surface area (Å²) in [5.41, 5.74) is 3.77. The van der Waals surface area contributed by atoms with Crippen LogP contribution in [0, 0.1) is 11.3 Å². The molecule has 37 heavy (non-hydrogen) atoms. The van der Waals surface area contributed by atoms with Gasteiger partial charge < -0.3 is 24.8 Å². The Balaban J connectivity index is 1.13. The predicted molar refractivity (Wildman–Crippen MR) is 146 cm³/mol. The molecule has 3 aliphatic rings. The van der Waals surface area contributed by atoms with Crippen molar-refractivity contribution in [2.75, 3.05) is 80.3 Å². The molecule has 2 unspecified atom stereocenters. The average Bonchev–Trinajstić information content (AvgIpc) is 3.41. The highest BCUT2D eigenvalue weighted by molar-refractivity contribution is 5.95. The zero-order valence-electron chi connectivity index (χ0n) is 21.4. The summed E-state index contributed by atoms with van der Waals surface area (Å²) in [7, 11) is 0. The van der Waals surface area contributed by atoms with E-state index in [9.17, 15) is 5.26 Å². The molecule has 0 saturated carbocycles. The van der Waals surface area contributed by atoms with Gasteiger partial charge in [0.1, 0.15) is 11.9 Å². The van der Waals surface area contributed by atoms with E-state index in [1.165, 1.54) is 5.69 Å². The first-order valence-corrected chi connectivity index (χ1v) is 13.3. The Morgan fingerprint density at radius 3 is 2.76 bits per heavy atom. The van der Waals surface area contributed by atoms with E-state index in [1.807, 2.05) is 18.3 Å². The van der Waals surface area contributed by atoms with E-state index in [-0.39, 0.29) is 12.2 Å². The molecule has 0 aliphatic carbocycles. The fourth-order valence-corrected chi connectivity index (χ4v) is 5.84. The first-order chi connectivity index (χ1) is 18.2. The van der Waals surface area contributed by atoms with E-state index >= 15 is 0 Å². The van der Waals surface area contributed by atoms with Crippen LogP contribution in [0.15, 0.2) is 48.8 Å². The summed E-state index contributed by atoms with van der Waals surface area (Å²) in [5, 5.41) is 14.0. The molecule has 3 aromatic rings. The molecule has 3 fully saturated rings. The van der Waals surface area contributed by atoms with Crippen LogP contribution in [0.3, 0.4) is 0 Å². The normalized spacial score (nSPS) is 23.0. The minimum Gasteiger partial charge on any atom is -0.370 e. The molecule has 0 amide bonds. The molecule has 0 bridgehead atoms. The summed E-state index contributed by atoms with van der Waals surface area (Å²) in [4.78, 5) is 18.9. The van der Waals surface area contributed by atoms with Gasteiger partial charge in [0.25, 0.3) is 0 Å². The number of benzene rings is 1. The van der Waals surface area contributed by atoms with Crippen molar-refractivity contribution in [1.82, 2.24) is 20.2 Å². The topological polar surface area (TPSA) is 83.8 Å². The molecule has 1 aromatic carbocycles. The molecule has 0 radical (unpaired) electrons. The molecule has 9 nitrogen and oxygen atoms in total. The van der Waals surface area contributed by atoms with Gasteiger partial charge in [-0.1, -0.05) is 0 Å². The van der Waals surface area contributed by atoms with E-state index in [1.54, 1.807) is 6.20 Å². The number of nitrogens with one attached hydrogen (secondary N) is 1. The maximum Gasteiger partial charge on any atom is 0.131 e. The summed E-state index contributed by atoms with van der Waals surface area (Å²) in [5.74, 6) is 1.05. The maximum absolute atomic E-state index is 9.52. The number of hydrogen-bond donors (Lipinski definition) is 1. The first-order valence-electron chi connectivity index (χ1n) is 13.3. The second-order valence-corrected chi connectivity index (χ2v) is 10.2. The quantitative estimate of drug-likeness (QED) is 0.570. The highest BCUT2D eigenvalue weighted by Crippen LogP contribution is 2.31. The highest BCUT2D eigenvalue weighted by atomic mass is 16.5. The molecule has 192 valence electrons. The lowest BCUT2D eigenvalue weighted by Crippen LogP contribution is -2.50. The molecule has 9 heteroatoms. The molecule has 0 spiro atoms. The summed E-state index contributed by atoms with van der Waals surface area (Å²) in [6.07, 6.45) is 3.92. The summed E-state index contributed by atoms with van der Waals surface area (Å²) in [6, 6.07) is 14.6. The van der Waals surface area contributed by atoms with Gasteiger partial charge >= 0.3 is 0 Å². The number of morpholine rings is 1. The maximum atomic E-state index is 9.52. The Hall–Kier alpha value is -3.45. The van der Waals surface area contributed by atoms with E-state index in [0.717, 1.165) is 88.0 Å². The van der Waals surface area contributed by atoms with Gasteiger partial charge in [-0.3, -0.25) is 9.88 Å². The van der Waals surface area contributed by atoms with Crippen molar-refractivity contribution >= 4 is 28.1 Å². The van der Waals surface area contributed by atoms with Gasteiger partial charge in [0.2, 0.25) is 0 Å². The van der Waals surface area contributed by atoms with Gasteiger partial charge in [0.05, 0.1) is 30.0 Å². The third-order valence-electron chi connectivity index (χ3n) is 7.59. The summed E-state index contributed by atoms with van der Waals surface area (Å²) >= 11 is 0. The molecule has 2 aromatic heterocycles. The van der Waals surface area contributed by atoms with Gasteiger partial charge in [-0.05, 0) is 37.3 Å². The third kappa shape index (κ3) is 5.05. The molecular formula is C28H34N8O. The molecule has 2 atom stereocenters. The van der Waals surface area contributed by atoms with Crippen LogP contribution in [0.1, 0.15) is 12.5 Å². The summed E-state index contributed by atoms with van der Waals surface area (Å²) in [6.45, 7) is 11.6. The number of ether oxygens (including phenoxy) is 1. The number of piperazine rings is 1. The zero-order valence-corrected chi connectivity index (χ0v) is 21.4. The lowest BCUT2D eigenvalue weighted by atomic mass is 10.1. The van der Waals surface area contributed by atoms with Crippen LogP contribution in [0.5, 0.6) is 0 Å². The zero-order chi connectivity index (χ0) is 25.2. The molecule has 6 rings (SSSR count). The van der Waals surface area contributed by atoms with Crippen LogP contribution in [0.2, 0.25) is 0 Å². The van der Waals surface area contributed by atoms with Gasteiger partial charge in [-0.2, -0.15) is 5.26 Å². The number of rotatable bonds is 5. The van der Waals surface area contributed by atoms with E-state index in [0.29, 0.717) is 5.56 Å². The largest absolute Gasteiger partial charge is 0.370 e. The Kier molecular flexibility index (Phi) is 6.79. The van der Waals surface area contributed by atoms with E-state index in [4.69, 9.17) is 9.72 Å². The number of anilines is 3. The van der Waals surface area contributed by atoms with Crippen LogP contribution in [-0.2, 0) is 4.74 Å². The minimum absolute atomic E-state index is 0.103. The average molecular weight is 499 g/mol. The number of aromatic nitrogens is 2.